The number of hydrogen-bond acceptors (Lipinski definition) is 3. The molecule has 3 heterocycles. The van der Waals surface area contributed by atoms with E-state index in [0.717, 1.165) is 28.3 Å². The summed E-state index contributed by atoms with van der Waals surface area (Å²) in [6.07, 6.45) is 3.60. The summed E-state index contributed by atoms with van der Waals surface area (Å²) >= 11 is 0. The summed E-state index contributed by atoms with van der Waals surface area (Å²) < 4.78 is 0. The summed E-state index contributed by atoms with van der Waals surface area (Å²) in [6.45, 7) is 0. The number of rotatable bonds is 3. The van der Waals surface area contributed by atoms with Crippen LogP contribution in [0.4, 0.5) is 0 Å². The van der Waals surface area contributed by atoms with E-state index in [1.54, 1.807) is 12.4 Å². The van der Waals surface area contributed by atoms with Gasteiger partial charge in [0.2, 0.25) is 0 Å². The minimum atomic E-state index is 0.834. The van der Waals surface area contributed by atoms with Gasteiger partial charge >= 0.3 is 0 Å². The zero-order chi connectivity index (χ0) is 21.3. The first kappa shape index (κ1) is 18.4. The monoisotopic (exact) mass is 409 g/mol. The maximum Gasteiger partial charge on any atom is 0.0900 e. The Morgan fingerprint density at radius 2 is 1.00 bits per heavy atom. The van der Waals surface area contributed by atoms with Crippen LogP contribution in [-0.4, -0.2) is 15.0 Å². The summed E-state index contributed by atoms with van der Waals surface area (Å²) in [5.74, 6) is 0. The molecule has 0 aliphatic carbocycles. The van der Waals surface area contributed by atoms with Gasteiger partial charge in [-0.05, 0) is 75.1 Å². The maximum absolute atomic E-state index is 4.92. The molecule has 0 atom stereocenters. The van der Waals surface area contributed by atoms with Gasteiger partial charge in [0.05, 0.1) is 22.8 Å². The van der Waals surface area contributed by atoms with Crippen molar-refractivity contribution in [3.8, 4) is 33.9 Å². The van der Waals surface area contributed by atoms with Crippen molar-refractivity contribution in [3.05, 3.63) is 116 Å². The molecular formula is C29H19N3. The van der Waals surface area contributed by atoms with Crippen LogP contribution < -0.4 is 0 Å². The van der Waals surface area contributed by atoms with Gasteiger partial charge in [-0.25, -0.2) is 4.98 Å². The second-order valence-electron chi connectivity index (χ2n) is 7.75. The molecule has 0 unspecified atom stereocenters. The summed E-state index contributed by atoms with van der Waals surface area (Å²) in [4.78, 5) is 14.0. The fourth-order valence-electron chi connectivity index (χ4n) is 4.27. The molecule has 0 saturated heterocycles. The van der Waals surface area contributed by atoms with E-state index in [1.165, 1.54) is 27.1 Å². The SMILES string of the molecule is c1ccc(-c2cc(-c3cc4ccccc4c4ccccc34)cc(-c3ccccn3)n2)nc1. The minimum absolute atomic E-state index is 0.834. The van der Waals surface area contributed by atoms with Crippen molar-refractivity contribution in [1.29, 1.82) is 0 Å². The van der Waals surface area contributed by atoms with E-state index in [0.29, 0.717) is 0 Å². The average Bonchev–Trinajstić information content (AvgIpc) is 2.89. The first-order chi connectivity index (χ1) is 15.9. The predicted octanol–water partition coefficient (Wildman–Crippen LogP) is 7.18. The lowest BCUT2D eigenvalue weighted by Crippen LogP contribution is -1.94. The Balaban J connectivity index is 1.67. The van der Waals surface area contributed by atoms with Crippen LogP contribution in [0.5, 0.6) is 0 Å². The molecule has 0 radical (unpaired) electrons. The van der Waals surface area contributed by atoms with Gasteiger partial charge in [0.1, 0.15) is 0 Å². The molecule has 3 nitrogen and oxygen atoms in total. The number of fused-ring (bicyclic) bond motifs is 3. The van der Waals surface area contributed by atoms with Gasteiger partial charge < -0.3 is 0 Å². The van der Waals surface area contributed by atoms with Gasteiger partial charge in [-0.3, -0.25) is 9.97 Å². The number of pyridine rings is 3. The van der Waals surface area contributed by atoms with Gasteiger partial charge in [0.25, 0.3) is 0 Å². The summed E-state index contributed by atoms with van der Waals surface area (Å²) in [6, 6.07) is 35.5. The number of hydrogen-bond donors (Lipinski definition) is 0. The van der Waals surface area contributed by atoms with Gasteiger partial charge in [-0.15, -0.1) is 0 Å². The fourth-order valence-corrected chi connectivity index (χ4v) is 4.27. The van der Waals surface area contributed by atoms with Crippen molar-refractivity contribution in [3.63, 3.8) is 0 Å². The predicted molar refractivity (Wildman–Crippen MR) is 131 cm³/mol. The molecule has 0 spiro atoms. The molecule has 0 aliphatic heterocycles. The van der Waals surface area contributed by atoms with Crippen LogP contribution in [0.2, 0.25) is 0 Å². The lowest BCUT2D eigenvalue weighted by molar-refractivity contribution is 1.22. The van der Waals surface area contributed by atoms with Crippen molar-refractivity contribution >= 4 is 21.5 Å². The van der Waals surface area contributed by atoms with Crippen LogP contribution in [0.25, 0.3) is 55.4 Å². The Morgan fingerprint density at radius 3 is 1.62 bits per heavy atom. The van der Waals surface area contributed by atoms with E-state index >= 15 is 0 Å². The maximum atomic E-state index is 4.92. The van der Waals surface area contributed by atoms with Gasteiger partial charge in [0.15, 0.2) is 0 Å². The Hall–Kier alpha value is -4.37. The van der Waals surface area contributed by atoms with E-state index < -0.39 is 0 Å². The van der Waals surface area contributed by atoms with Crippen LogP contribution in [0.3, 0.4) is 0 Å². The summed E-state index contributed by atoms with van der Waals surface area (Å²) in [7, 11) is 0. The second kappa shape index (κ2) is 7.71. The van der Waals surface area contributed by atoms with E-state index in [1.807, 2.05) is 36.4 Å². The second-order valence-corrected chi connectivity index (χ2v) is 7.75. The van der Waals surface area contributed by atoms with Crippen molar-refractivity contribution in [2.24, 2.45) is 0 Å². The van der Waals surface area contributed by atoms with Gasteiger partial charge in [0, 0.05) is 12.4 Å². The quantitative estimate of drug-likeness (QED) is 0.291. The molecule has 0 bridgehead atoms. The molecule has 6 aromatic rings. The smallest absolute Gasteiger partial charge is 0.0900 e. The Morgan fingerprint density at radius 1 is 0.438 bits per heavy atom. The minimum Gasteiger partial charge on any atom is -0.255 e. The molecular weight excluding hydrogens is 390 g/mol. The number of benzene rings is 3. The lowest BCUT2D eigenvalue weighted by atomic mass is 9.92. The molecule has 6 rings (SSSR count). The van der Waals surface area contributed by atoms with E-state index in [9.17, 15) is 0 Å². The molecule has 0 saturated carbocycles. The van der Waals surface area contributed by atoms with Crippen LogP contribution >= 0.6 is 0 Å². The normalized spacial score (nSPS) is 11.1. The Kier molecular flexibility index (Phi) is 4.43. The van der Waals surface area contributed by atoms with E-state index in [4.69, 9.17) is 4.98 Å². The number of aromatic nitrogens is 3. The average molecular weight is 409 g/mol. The molecule has 0 fully saturated rings. The molecule has 3 aromatic carbocycles. The third kappa shape index (κ3) is 3.21. The van der Waals surface area contributed by atoms with Crippen molar-refractivity contribution in [2.45, 2.75) is 0 Å². The topological polar surface area (TPSA) is 38.7 Å². The van der Waals surface area contributed by atoms with Crippen molar-refractivity contribution in [2.75, 3.05) is 0 Å². The highest BCUT2D eigenvalue weighted by molar-refractivity contribution is 6.13. The van der Waals surface area contributed by atoms with Crippen LogP contribution in [-0.2, 0) is 0 Å². The van der Waals surface area contributed by atoms with Crippen molar-refractivity contribution < 1.29 is 0 Å². The molecule has 0 aliphatic rings. The van der Waals surface area contributed by atoms with E-state index in [2.05, 4.69) is 76.7 Å². The highest BCUT2D eigenvalue weighted by Gasteiger charge is 2.13. The highest BCUT2D eigenvalue weighted by atomic mass is 14.8. The molecule has 3 heteroatoms. The standard InChI is InChI=1S/C29H19N3/c1-2-10-22-20(9-1)17-25(24-12-4-3-11-23(22)24)21-18-28(26-13-5-7-15-30-26)32-29(19-21)27-14-6-8-16-31-27/h1-19H. The lowest BCUT2D eigenvalue weighted by Gasteiger charge is -2.13. The number of nitrogens with zero attached hydrogens (tertiary/aromatic N) is 3. The van der Waals surface area contributed by atoms with Gasteiger partial charge in [-0.1, -0.05) is 60.7 Å². The zero-order valence-corrected chi connectivity index (χ0v) is 17.3. The van der Waals surface area contributed by atoms with Crippen LogP contribution in [0.1, 0.15) is 0 Å². The summed E-state index contributed by atoms with van der Waals surface area (Å²) in [5.41, 5.74) is 5.63. The molecule has 0 N–H and O–H groups in total. The van der Waals surface area contributed by atoms with Crippen molar-refractivity contribution in [1.82, 2.24) is 15.0 Å². The Bertz CT molecular complexity index is 1500. The fraction of sp³-hybridized carbons (Fsp3) is 0. The third-order valence-electron chi connectivity index (χ3n) is 5.76. The molecule has 0 amide bonds. The van der Waals surface area contributed by atoms with Gasteiger partial charge in [-0.2, -0.15) is 0 Å². The zero-order valence-electron chi connectivity index (χ0n) is 17.3. The van der Waals surface area contributed by atoms with E-state index in [-0.39, 0.29) is 0 Å². The van der Waals surface area contributed by atoms with Crippen LogP contribution in [0.15, 0.2) is 116 Å². The largest absolute Gasteiger partial charge is 0.255 e. The molecule has 3 aromatic heterocycles. The highest BCUT2D eigenvalue weighted by Crippen LogP contribution is 2.37. The molecule has 150 valence electrons. The van der Waals surface area contributed by atoms with Crippen LogP contribution in [0, 0.1) is 0 Å². The molecule has 32 heavy (non-hydrogen) atoms. The summed E-state index contributed by atoms with van der Waals surface area (Å²) in [5, 5.41) is 4.94. The first-order valence-electron chi connectivity index (χ1n) is 10.6. The first-order valence-corrected chi connectivity index (χ1v) is 10.6. The Labute approximate surface area is 186 Å². The third-order valence-corrected chi connectivity index (χ3v) is 5.76.